The summed E-state index contributed by atoms with van der Waals surface area (Å²) >= 11 is 12.0. The molecule has 1 atom stereocenters. The van der Waals surface area contributed by atoms with E-state index in [1.54, 1.807) is 26.5 Å². The van der Waals surface area contributed by atoms with Gasteiger partial charge in [-0.25, -0.2) is 4.98 Å². The van der Waals surface area contributed by atoms with Gasteiger partial charge >= 0.3 is 0 Å². The minimum atomic E-state index is -0.00372. The number of nitrogens with zero attached hydrogens (tertiary/aromatic N) is 1. The summed E-state index contributed by atoms with van der Waals surface area (Å²) in [7, 11) is 3.22. The number of hydrogen-bond acceptors (Lipinski definition) is 4. The van der Waals surface area contributed by atoms with E-state index < -0.39 is 0 Å². The average Bonchev–Trinajstić information content (AvgIpc) is 2.49. The van der Waals surface area contributed by atoms with Crippen LogP contribution in [0.4, 0.5) is 5.82 Å². The van der Waals surface area contributed by atoms with E-state index in [9.17, 15) is 0 Å². The maximum absolute atomic E-state index is 6.11. The highest BCUT2D eigenvalue weighted by Crippen LogP contribution is 2.32. The largest absolute Gasteiger partial charge is 0.493 e. The molecule has 6 heteroatoms. The highest BCUT2D eigenvalue weighted by molar-refractivity contribution is 6.35. The van der Waals surface area contributed by atoms with Gasteiger partial charge in [0.25, 0.3) is 0 Å². The van der Waals surface area contributed by atoms with Crippen LogP contribution >= 0.6 is 23.2 Å². The van der Waals surface area contributed by atoms with E-state index in [0.717, 1.165) is 5.56 Å². The molecular formula is C15H16Cl2N2O2. The average molecular weight is 327 g/mol. The van der Waals surface area contributed by atoms with Crippen LogP contribution in [0.5, 0.6) is 11.5 Å². The summed E-state index contributed by atoms with van der Waals surface area (Å²) in [5.74, 6) is 1.96. The zero-order chi connectivity index (χ0) is 15.4. The van der Waals surface area contributed by atoms with E-state index in [4.69, 9.17) is 32.7 Å². The summed E-state index contributed by atoms with van der Waals surface area (Å²) in [4.78, 5) is 4.19. The van der Waals surface area contributed by atoms with Gasteiger partial charge in [0.05, 0.1) is 30.3 Å². The van der Waals surface area contributed by atoms with Gasteiger partial charge in [-0.15, -0.1) is 0 Å². The predicted octanol–water partition coefficient (Wildman–Crippen LogP) is 4.58. The number of benzene rings is 1. The van der Waals surface area contributed by atoms with Crippen LogP contribution in [0, 0.1) is 0 Å². The van der Waals surface area contributed by atoms with E-state index in [2.05, 4.69) is 10.3 Å². The molecule has 1 aromatic heterocycles. The van der Waals surface area contributed by atoms with Gasteiger partial charge in [-0.05, 0) is 30.7 Å². The molecule has 0 spiro atoms. The van der Waals surface area contributed by atoms with Gasteiger partial charge < -0.3 is 14.8 Å². The third-order valence-electron chi connectivity index (χ3n) is 3.07. The zero-order valence-corrected chi connectivity index (χ0v) is 13.5. The molecule has 2 rings (SSSR count). The minimum Gasteiger partial charge on any atom is -0.493 e. The lowest BCUT2D eigenvalue weighted by Crippen LogP contribution is -2.08. The van der Waals surface area contributed by atoms with Crippen LogP contribution in [0.2, 0.25) is 10.0 Å². The van der Waals surface area contributed by atoms with E-state index in [0.29, 0.717) is 27.4 Å². The fourth-order valence-electron chi connectivity index (χ4n) is 1.93. The van der Waals surface area contributed by atoms with Crippen molar-refractivity contribution in [2.45, 2.75) is 13.0 Å². The first kappa shape index (κ1) is 15.7. The molecule has 0 bridgehead atoms. The van der Waals surface area contributed by atoms with Gasteiger partial charge in [0.2, 0.25) is 0 Å². The van der Waals surface area contributed by atoms with Crippen molar-refractivity contribution in [2.24, 2.45) is 0 Å². The lowest BCUT2D eigenvalue weighted by molar-refractivity contribution is 0.354. The van der Waals surface area contributed by atoms with Gasteiger partial charge in [0.15, 0.2) is 11.5 Å². The van der Waals surface area contributed by atoms with Crippen molar-refractivity contribution in [1.29, 1.82) is 0 Å². The quantitative estimate of drug-likeness (QED) is 0.873. The molecule has 0 saturated heterocycles. The van der Waals surface area contributed by atoms with Crippen molar-refractivity contribution < 1.29 is 9.47 Å². The maximum Gasteiger partial charge on any atom is 0.161 e. The molecule has 1 aromatic carbocycles. The van der Waals surface area contributed by atoms with Gasteiger partial charge in [0, 0.05) is 6.20 Å². The van der Waals surface area contributed by atoms with Crippen LogP contribution in [-0.4, -0.2) is 19.2 Å². The number of hydrogen-bond donors (Lipinski definition) is 1. The van der Waals surface area contributed by atoms with Crippen molar-refractivity contribution in [3.05, 3.63) is 46.1 Å². The SMILES string of the molecule is COc1ccc(C(C)Nc2ncc(Cl)cc2Cl)cc1OC. The van der Waals surface area contributed by atoms with Crippen LogP contribution in [0.15, 0.2) is 30.5 Å². The summed E-state index contributed by atoms with van der Waals surface area (Å²) in [5, 5.41) is 4.23. The number of nitrogens with one attached hydrogen (secondary N) is 1. The summed E-state index contributed by atoms with van der Waals surface area (Å²) in [6.45, 7) is 2.01. The Morgan fingerprint density at radius 3 is 2.43 bits per heavy atom. The standard InChI is InChI=1S/C15H16Cl2N2O2/c1-9(19-15-12(17)7-11(16)8-18-15)10-4-5-13(20-2)14(6-10)21-3/h4-9H,1-3H3,(H,18,19). The molecule has 0 aliphatic carbocycles. The molecular weight excluding hydrogens is 311 g/mol. The van der Waals surface area contributed by atoms with Crippen molar-refractivity contribution in [2.75, 3.05) is 19.5 Å². The third-order valence-corrected chi connectivity index (χ3v) is 3.56. The minimum absolute atomic E-state index is 0.00372. The first-order valence-electron chi connectivity index (χ1n) is 6.34. The Labute approximate surface area is 134 Å². The summed E-state index contributed by atoms with van der Waals surface area (Å²) < 4.78 is 10.5. The molecule has 0 aliphatic rings. The first-order chi connectivity index (χ1) is 10.0. The van der Waals surface area contributed by atoms with Crippen molar-refractivity contribution in [3.63, 3.8) is 0 Å². The van der Waals surface area contributed by atoms with Crippen molar-refractivity contribution in [3.8, 4) is 11.5 Å². The number of methoxy groups -OCH3 is 2. The molecule has 112 valence electrons. The predicted molar refractivity (Wildman–Crippen MR) is 85.8 cm³/mol. The fourth-order valence-corrected chi connectivity index (χ4v) is 2.37. The fraction of sp³-hybridized carbons (Fsp3) is 0.267. The molecule has 21 heavy (non-hydrogen) atoms. The Balaban J connectivity index is 2.21. The second-order valence-corrected chi connectivity index (χ2v) is 5.31. The lowest BCUT2D eigenvalue weighted by atomic mass is 10.1. The van der Waals surface area contributed by atoms with Crippen LogP contribution < -0.4 is 14.8 Å². The van der Waals surface area contributed by atoms with E-state index in [-0.39, 0.29) is 6.04 Å². The zero-order valence-electron chi connectivity index (χ0n) is 12.0. The number of pyridine rings is 1. The van der Waals surface area contributed by atoms with Crippen molar-refractivity contribution >= 4 is 29.0 Å². The topological polar surface area (TPSA) is 43.4 Å². The van der Waals surface area contributed by atoms with Crippen LogP contribution in [0.25, 0.3) is 0 Å². The Morgan fingerprint density at radius 2 is 1.81 bits per heavy atom. The second kappa shape index (κ2) is 6.87. The van der Waals surface area contributed by atoms with Gasteiger partial charge in [-0.3, -0.25) is 0 Å². The molecule has 2 aromatic rings. The van der Waals surface area contributed by atoms with Crippen LogP contribution in [0.3, 0.4) is 0 Å². The highest BCUT2D eigenvalue weighted by Gasteiger charge is 2.12. The van der Waals surface area contributed by atoms with Crippen molar-refractivity contribution in [1.82, 2.24) is 4.98 Å². The number of rotatable bonds is 5. The van der Waals surface area contributed by atoms with Crippen LogP contribution in [0.1, 0.15) is 18.5 Å². The Kier molecular flexibility index (Phi) is 5.15. The molecule has 0 amide bonds. The Morgan fingerprint density at radius 1 is 1.10 bits per heavy atom. The van der Waals surface area contributed by atoms with E-state index in [1.807, 2.05) is 25.1 Å². The molecule has 0 fully saturated rings. The first-order valence-corrected chi connectivity index (χ1v) is 7.10. The van der Waals surface area contributed by atoms with Gasteiger partial charge in [0.1, 0.15) is 5.82 Å². The molecule has 1 heterocycles. The molecule has 1 N–H and O–H groups in total. The smallest absolute Gasteiger partial charge is 0.161 e. The molecule has 0 saturated carbocycles. The monoisotopic (exact) mass is 326 g/mol. The third kappa shape index (κ3) is 3.71. The van der Waals surface area contributed by atoms with Gasteiger partial charge in [-0.1, -0.05) is 29.3 Å². The molecule has 1 unspecified atom stereocenters. The number of aromatic nitrogens is 1. The number of halogens is 2. The molecule has 4 nitrogen and oxygen atoms in total. The lowest BCUT2D eigenvalue weighted by Gasteiger charge is -2.17. The number of anilines is 1. The normalized spacial score (nSPS) is 11.9. The van der Waals surface area contributed by atoms with E-state index >= 15 is 0 Å². The molecule has 0 aliphatic heterocycles. The second-order valence-electron chi connectivity index (χ2n) is 4.46. The maximum atomic E-state index is 6.11. The summed E-state index contributed by atoms with van der Waals surface area (Å²) in [6, 6.07) is 7.39. The van der Waals surface area contributed by atoms with Gasteiger partial charge in [-0.2, -0.15) is 0 Å². The number of ether oxygens (including phenoxy) is 2. The molecule has 0 radical (unpaired) electrons. The highest BCUT2D eigenvalue weighted by atomic mass is 35.5. The summed E-state index contributed by atoms with van der Waals surface area (Å²) in [6.07, 6.45) is 1.55. The Bertz CT molecular complexity index is 635. The Hall–Kier alpha value is -1.65. The van der Waals surface area contributed by atoms with E-state index in [1.165, 1.54) is 0 Å². The summed E-state index contributed by atoms with van der Waals surface area (Å²) in [5.41, 5.74) is 1.03. The van der Waals surface area contributed by atoms with Crippen LogP contribution in [-0.2, 0) is 0 Å².